The van der Waals surface area contributed by atoms with Gasteiger partial charge in [0.15, 0.2) is 6.10 Å². The predicted molar refractivity (Wildman–Crippen MR) is 108 cm³/mol. The van der Waals surface area contributed by atoms with Crippen molar-refractivity contribution in [2.24, 2.45) is 0 Å². The number of benzene rings is 1. The molecular weight excluding hydrogens is 380 g/mol. The molecule has 28 heavy (non-hydrogen) atoms. The zero-order valence-electron chi connectivity index (χ0n) is 16.4. The summed E-state index contributed by atoms with van der Waals surface area (Å²) in [5, 5.41) is 2.63. The Morgan fingerprint density at radius 3 is 2.50 bits per heavy atom. The van der Waals surface area contributed by atoms with Gasteiger partial charge in [0.05, 0.1) is 6.61 Å². The number of nitrogens with one attached hydrogen (secondary N) is 1. The van der Waals surface area contributed by atoms with Crippen molar-refractivity contribution in [3.63, 3.8) is 0 Å². The summed E-state index contributed by atoms with van der Waals surface area (Å²) >= 11 is 1.57. The van der Waals surface area contributed by atoms with Crippen LogP contribution in [0.15, 0.2) is 30.3 Å². The number of rotatable bonds is 9. The summed E-state index contributed by atoms with van der Waals surface area (Å²) in [6.07, 6.45) is 0.123. The fourth-order valence-corrected chi connectivity index (χ4v) is 3.85. The molecule has 1 aliphatic heterocycles. The van der Waals surface area contributed by atoms with E-state index in [2.05, 4.69) is 5.32 Å². The van der Waals surface area contributed by atoms with Crippen LogP contribution in [0.25, 0.3) is 0 Å². The van der Waals surface area contributed by atoms with Gasteiger partial charge in [0, 0.05) is 24.6 Å². The Hall–Kier alpha value is -2.22. The third-order valence-electron chi connectivity index (χ3n) is 4.31. The summed E-state index contributed by atoms with van der Waals surface area (Å²) in [6.45, 7) is 4.74. The molecule has 1 saturated heterocycles. The number of hydrogen-bond donors (Lipinski definition) is 1. The van der Waals surface area contributed by atoms with Crippen LogP contribution in [0.5, 0.6) is 0 Å². The van der Waals surface area contributed by atoms with Gasteiger partial charge in [-0.05, 0) is 32.3 Å². The minimum Gasteiger partial charge on any atom is -0.463 e. The van der Waals surface area contributed by atoms with Crippen LogP contribution in [-0.4, -0.2) is 60.5 Å². The van der Waals surface area contributed by atoms with E-state index < -0.39 is 24.2 Å². The van der Waals surface area contributed by atoms with Crippen LogP contribution >= 0.6 is 11.8 Å². The number of carbonyl (C=O) groups excluding carboxylic acids is 3. The van der Waals surface area contributed by atoms with Gasteiger partial charge >= 0.3 is 12.1 Å². The summed E-state index contributed by atoms with van der Waals surface area (Å²) in [5.74, 6) is 0.436. The molecule has 1 aromatic rings. The summed E-state index contributed by atoms with van der Waals surface area (Å²) in [5.41, 5.74) is 1.15. The van der Waals surface area contributed by atoms with Crippen LogP contribution in [0, 0.1) is 0 Å². The highest BCUT2D eigenvalue weighted by Gasteiger charge is 2.29. The van der Waals surface area contributed by atoms with E-state index >= 15 is 0 Å². The summed E-state index contributed by atoms with van der Waals surface area (Å²) in [7, 11) is 0. The molecule has 0 unspecified atom stereocenters. The number of hydrogen-bond acceptors (Lipinski definition) is 6. The Kier molecular flexibility index (Phi) is 9.13. The lowest BCUT2D eigenvalue weighted by molar-refractivity contribution is -0.152. The molecule has 0 spiro atoms. The summed E-state index contributed by atoms with van der Waals surface area (Å²) in [4.78, 5) is 38.4. The number of nitrogens with zero attached hydrogens (tertiary/aromatic N) is 1. The number of ether oxygens (including phenoxy) is 2. The van der Waals surface area contributed by atoms with Crippen LogP contribution in [0.3, 0.4) is 0 Å². The number of esters is 1. The van der Waals surface area contributed by atoms with E-state index in [1.54, 1.807) is 23.6 Å². The number of alkyl carbamates (subject to hydrolysis) is 1. The first-order valence-corrected chi connectivity index (χ1v) is 10.7. The Morgan fingerprint density at radius 1 is 1.18 bits per heavy atom. The molecule has 0 saturated carbocycles. The van der Waals surface area contributed by atoms with Crippen molar-refractivity contribution < 1.29 is 23.9 Å². The van der Waals surface area contributed by atoms with Gasteiger partial charge in [-0.1, -0.05) is 30.3 Å². The van der Waals surface area contributed by atoms with E-state index in [0.717, 1.165) is 24.2 Å². The molecule has 1 fully saturated rings. The highest BCUT2D eigenvalue weighted by Crippen LogP contribution is 2.16. The van der Waals surface area contributed by atoms with Crippen molar-refractivity contribution >= 4 is 29.7 Å². The molecule has 0 aromatic heterocycles. The monoisotopic (exact) mass is 408 g/mol. The minimum atomic E-state index is -1.03. The first-order chi connectivity index (χ1) is 13.5. The summed E-state index contributed by atoms with van der Waals surface area (Å²) < 4.78 is 9.90. The van der Waals surface area contributed by atoms with E-state index in [1.807, 2.05) is 30.3 Å². The smallest absolute Gasteiger partial charge is 0.408 e. The number of likely N-dealkylation sites (tertiary alicyclic amines) is 1. The topological polar surface area (TPSA) is 84.9 Å². The quantitative estimate of drug-likeness (QED) is 0.632. The van der Waals surface area contributed by atoms with Gasteiger partial charge in [-0.25, -0.2) is 9.59 Å². The van der Waals surface area contributed by atoms with Gasteiger partial charge in [-0.15, -0.1) is 0 Å². The molecule has 1 aromatic carbocycles. The third-order valence-corrected chi connectivity index (χ3v) is 5.41. The maximum Gasteiger partial charge on any atom is 0.408 e. The molecule has 7 nitrogen and oxygen atoms in total. The molecule has 2 rings (SSSR count). The minimum absolute atomic E-state index is 0.112. The van der Waals surface area contributed by atoms with Gasteiger partial charge in [-0.3, -0.25) is 4.79 Å². The van der Waals surface area contributed by atoms with E-state index in [9.17, 15) is 14.4 Å². The van der Waals surface area contributed by atoms with E-state index in [-0.39, 0.29) is 12.5 Å². The highest BCUT2D eigenvalue weighted by atomic mass is 32.2. The van der Waals surface area contributed by atoms with Gasteiger partial charge in [-0.2, -0.15) is 11.8 Å². The molecule has 154 valence electrons. The Balaban J connectivity index is 1.91. The van der Waals surface area contributed by atoms with Crippen molar-refractivity contribution in [2.75, 3.05) is 25.4 Å². The Labute approximate surface area is 170 Å². The zero-order valence-corrected chi connectivity index (χ0v) is 17.2. The third kappa shape index (κ3) is 7.07. The Morgan fingerprint density at radius 2 is 1.86 bits per heavy atom. The lowest BCUT2D eigenvalue weighted by Gasteiger charge is -2.24. The molecule has 0 aliphatic carbocycles. The van der Waals surface area contributed by atoms with Crippen LogP contribution in [-0.2, 0) is 24.8 Å². The van der Waals surface area contributed by atoms with Crippen molar-refractivity contribution in [3.05, 3.63) is 35.9 Å². The molecule has 1 heterocycles. The van der Waals surface area contributed by atoms with Crippen molar-refractivity contribution in [3.8, 4) is 0 Å². The molecule has 8 heteroatoms. The first-order valence-electron chi connectivity index (χ1n) is 9.55. The fourth-order valence-electron chi connectivity index (χ4n) is 2.85. The molecule has 1 N–H and O–H groups in total. The maximum absolute atomic E-state index is 12.8. The lowest BCUT2D eigenvalue weighted by Crippen LogP contribution is -2.50. The molecule has 0 radical (unpaired) electrons. The van der Waals surface area contributed by atoms with Gasteiger partial charge in [0.25, 0.3) is 0 Å². The summed E-state index contributed by atoms with van der Waals surface area (Å²) in [6, 6.07) is 9.23. The van der Waals surface area contributed by atoms with E-state index in [1.165, 1.54) is 6.92 Å². The second-order valence-electron chi connectivity index (χ2n) is 6.53. The lowest BCUT2D eigenvalue weighted by atomic mass is 10.2. The van der Waals surface area contributed by atoms with Crippen LogP contribution in [0.1, 0.15) is 32.3 Å². The predicted octanol–water partition coefficient (Wildman–Crippen LogP) is 2.59. The number of amides is 2. The van der Waals surface area contributed by atoms with Crippen molar-refractivity contribution in [2.45, 2.75) is 44.6 Å². The second-order valence-corrected chi connectivity index (χ2v) is 7.56. The number of carbonyl (C=O) groups is 3. The largest absolute Gasteiger partial charge is 0.463 e. The Bertz CT molecular complexity index is 649. The average molecular weight is 409 g/mol. The molecule has 1 aliphatic rings. The fraction of sp³-hybridized carbons (Fsp3) is 0.550. The molecule has 2 atom stereocenters. The van der Waals surface area contributed by atoms with Gasteiger partial charge in [0.2, 0.25) is 5.91 Å². The standard InChI is InChI=1S/C20H28N2O5S/c1-3-26-19(24)15(2)27-20(25)21-17(18(23)22-11-7-8-12-22)14-28-13-16-9-5-4-6-10-16/h4-6,9-10,15,17H,3,7-8,11-14H2,1-2H3,(H,21,25)/t15-,17-/m0/s1. The molecule has 2 amide bonds. The first kappa shape index (κ1) is 22.1. The highest BCUT2D eigenvalue weighted by molar-refractivity contribution is 7.98. The maximum atomic E-state index is 12.8. The van der Waals surface area contributed by atoms with Gasteiger partial charge < -0.3 is 19.7 Å². The van der Waals surface area contributed by atoms with E-state index in [0.29, 0.717) is 18.8 Å². The second kappa shape index (κ2) is 11.6. The SMILES string of the molecule is CCOC(=O)[C@H](C)OC(=O)N[C@@H](CSCc1ccccc1)C(=O)N1CCCC1. The van der Waals surface area contributed by atoms with Crippen LogP contribution in [0.2, 0.25) is 0 Å². The van der Waals surface area contributed by atoms with E-state index in [4.69, 9.17) is 9.47 Å². The normalized spacial score (nSPS) is 15.6. The average Bonchev–Trinajstić information content (AvgIpc) is 3.22. The molecular formula is C20H28N2O5S. The van der Waals surface area contributed by atoms with Crippen molar-refractivity contribution in [1.82, 2.24) is 10.2 Å². The van der Waals surface area contributed by atoms with Crippen LogP contribution < -0.4 is 5.32 Å². The molecule has 0 bridgehead atoms. The zero-order chi connectivity index (χ0) is 20.4. The van der Waals surface area contributed by atoms with Crippen molar-refractivity contribution in [1.29, 1.82) is 0 Å². The van der Waals surface area contributed by atoms with Crippen LogP contribution in [0.4, 0.5) is 4.79 Å². The van der Waals surface area contributed by atoms with Gasteiger partial charge in [0.1, 0.15) is 6.04 Å². The number of thioether (sulfide) groups is 1.